The van der Waals surface area contributed by atoms with Crippen LogP contribution in [0.1, 0.15) is 13.8 Å². The fourth-order valence-electron chi connectivity index (χ4n) is 1.37. The van der Waals surface area contributed by atoms with E-state index >= 15 is 0 Å². The third-order valence-corrected chi connectivity index (χ3v) is 2.73. The molecule has 1 atom stereocenters. The van der Waals surface area contributed by atoms with Crippen LogP contribution in [0, 0.1) is 5.92 Å². The van der Waals surface area contributed by atoms with Gasteiger partial charge in [0.15, 0.2) is 0 Å². The maximum atomic E-state index is 11.7. The minimum Gasteiger partial charge on any atom is -0.334 e. The van der Waals surface area contributed by atoms with Crippen molar-refractivity contribution in [3.8, 4) is 0 Å². The van der Waals surface area contributed by atoms with Gasteiger partial charge in [0, 0.05) is 23.3 Å². The highest BCUT2D eigenvalue weighted by atomic mass is 35.5. The Morgan fingerprint density at radius 3 is 2.41 bits per heavy atom. The summed E-state index contributed by atoms with van der Waals surface area (Å²) in [4.78, 5) is 11.7. The average Bonchev–Trinajstić information content (AvgIpc) is 2.28. The van der Waals surface area contributed by atoms with E-state index < -0.39 is 0 Å². The smallest absolute Gasteiger partial charge is 0.319 e. The van der Waals surface area contributed by atoms with Crippen LogP contribution in [0.2, 0.25) is 5.02 Å². The van der Waals surface area contributed by atoms with Gasteiger partial charge in [-0.25, -0.2) is 4.79 Å². The van der Waals surface area contributed by atoms with Crippen molar-refractivity contribution < 1.29 is 4.79 Å². The molecule has 5 heteroatoms. The van der Waals surface area contributed by atoms with Gasteiger partial charge in [-0.05, 0) is 30.2 Å². The number of urea groups is 1. The van der Waals surface area contributed by atoms with E-state index in [4.69, 9.17) is 17.3 Å². The van der Waals surface area contributed by atoms with Crippen molar-refractivity contribution in [2.75, 3.05) is 11.9 Å². The van der Waals surface area contributed by atoms with Gasteiger partial charge in [-0.3, -0.25) is 0 Å². The molecule has 17 heavy (non-hydrogen) atoms. The van der Waals surface area contributed by atoms with E-state index in [0.29, 0.717) is 23.2 Å². The molecule has 0 aromatic heterocycles. The Kier molecular flexibility index (Phi) is 5.25. The number of hydrogen-bond donors (Lipinski definition) is 3. The van der Waals surface area contributed by atoms with Crippen molar-refractivity contribution in [1.82, 2.24) is 5.32 Å². The van der Waals surface area contributed by atoms with E-state index in [1.807, 2.05) is 13.8 Å². The number of nitrogens with two attached hydrogens (primary N) is 1. The summed E-state index contributed by atoms with van der Waals surface area (Å²) in [5.74, 6) is 0.302. The summed E-state index contributed by atoms with van der Waals surface area (Å²) in [6, 6.07) is 6.66. The van der Waals surface area contributed by atoms with Crippen LogP contribution in [0.25, 0.3) is 0 Å². The zero-order valence-electron chi connectivity index (χ0n) is 10.0. The summed E-state index contributed by atoms with van der Waals surface area (Å²) in [5.41, 5.74) is 6.28. The highest BCUT2D eigenvalue weighted by molar-refractivity contribution is 6.30. The van der Waals surface area contributed by atoms with Crippen LogP contribution in [0.15, 0.2) is 24.3 Å². The number of anilines is 1. The maximum Gasteiger partial charge on any atom is 0.319 e. The molecule has 0 heterocycles. The number of halogens is 1. The molecular formula is C12H18ClN3O. The first kappa shape index (κ1) is 13.8. The van der Waals surface area contributed by atoms with Crippen molar-refractivity contribution >= 4 is 23.3 Å². The molecule has 1 rings (SSSR count). The van der Waals surface area contributed by atoms with Crippen molar-refractivity contribution in [1.29, 1.82) is 0 Å². The molecule has 0 saturated carbocycles. The second-order valence-corrected chi connectivity index (χ2v) is 4.63. The van der Waals surface area contributed by atoms with Crippen LogP contribution in [0.5, 0.6) is 0 Å². The Morgan fingerprint density at radius 1 is 1.35 bits per heavy atom. The number of rotatable bonds is 4. The van der Waals surface area contributed by atoms with E-state index in [0.717, 1.165) is 0 Å². The Labute approximate surface area is 107 Å². The molecule has 4 N–H and O–H groups in total. The first-order chi connectivity index (χ1) is 8.02. The molecule has 0 fully saturated rings. The SMILES string of the molecule is CC(C)C(CN)NC(=O)Nc1ccc(Cl)cc1. The van der Waals surface area contributed by atoms with Crippen molar-refractivity contribution in [3.63, 3.8) is 0 Å². The highest BCUT2D eigenvalue weighted by Crippen LogP contribution is 2.13. The quantitative estimate of drug-likeness (QED) is 0.774. The topological polar surface area (TPSA) is 67.1 Å². The van der Waals surface area contributed by atoms with Gasteiger partial charge in [0.1, 0.15) is 0 Å². The number of nitrogens with one attached hydrogen (secondary N) is 2. The zero-order valence-corrected chi connectivity index (χ0v) is 10.8. The summed E-state index contributed by atoms with van der Waals surface area (Å²) >= 11 is 5.75. The number of carbonyl (C=O) groups is 1. The third kappa shape index (κ3) is 4.63. The molecule has 1 aromatic carbocycles. The maximum absolute atomic E-state index is 11.7. The molecule has 0 radical (unpaired) electrons. The monoisotopic (exact) mass is 255 g/mol. The largest absolute Gasteiger partial charge is 0.334 e. The van der Waals surface area contributed by atoms with Crippen LogP contribution in [0.3, 0.4) is 0 Å². The first-order valence-electron chi connectivity index (χ1n) is 5.56. The van der Waals surface area contributed by atoms with Gasteiger partial charge >= 0.3 is 6.03 Å². The fraction of sp³-hybridized carbons (Fsp3) is 0.417. The Balaban J connectivity index is 2.52. The Hall–Kier alpha value is -1.26. The average molecular weight is 256 g/mol. The van der Waals surface area contributed by atoms with Crippen molar-refractivity contribution in [2.24, 2.45) is 11.7 Å². The number of hydrogen-bond acceptors (Lipinski definition) is 2. The van der Waals surface area contributed by atoms with E-state index in [9.17, 15) is 4.79 Å². The molecular weight excluding hydrogens is 238 g/mol. The van der Waals surface area contributed by atoms with Crippen LogP contribution in [-0.2, 0) is 0 Å². The number of benzene rings is 1. The number of carbonyl (C=O) groups excluding carboxylic acids is 1. The fourth-order valence-corrected chi connectivity index (χ4v) is 1.49. The van der Waals surface area contributed by atoms with Gasteiger partial charge in [0.05, 0.1) is 0 Å². The van der Waals surface area contributed by atoms with Crippen molar-refractivity contribution in [2.45, 2.75) is 19.9 Å². The van der Waals surface area contributed by atoms with Gasteiger partial charge in [0.25, 0.3) is 0 Å². The van der Waals surface area contributed by atoms with E-state index in [-0.39, 0.29) is 12.1 Å². The van der Waals surface area contributed by atoms with E-state index in [2.05, 4.69) is 10.6 Å². The van der Waals surface area contributed by atoms with Gasteiger partial charge < -0.3 is 16.4 Å². The van der Waals surface area contributed by atoms with E-state index in [1.165, 1.54) is 0 Å². The number of amides is 2. The predicted octanol–water partition coefficient (Wildman–Crippen LogP) is 2.44. The molecule has 0 aliphatic heterocycles. The summed E-state index contributed by atoms with van der Waals surface area (Å²) < 4.78 is 0. The Morgan fingerprint density at radius 2 is 1.94 bits per heavy atom. The molecule has 4 nitrogen and oxygen atoms in total. The van der Waals surface area contributed by atoms with Gasteiger partial charge in [0.2, 0.25) is 0 Å². The zero-order chi connectivity index (χ0) is 12.8. The lowest BCUT2D eigenvalue weighted by Crippen LogP contribution is -2.45. The summed E-state index contributed by atoms with van der Waals surface area (Å²) in [7, 11) is 0. The van der Waals surface area contributed by atoms with Crippen molar-refractivity contribution in [3.05, 3.63) is 29.3 Å². The lowest BCUT2D eigenvalue weighted by atomic mass is 10.1. The molecule has 2 amide bonds. The first-order valence-corrected chi connectivity index (χ1v) is 5.94. The van der Waals surface area contributed by atoms with Crippen LogP contribution < -0.4 is 16.4 Å². The molecule has 0 spiro atoms. The van der Waals surface area contributed by atoms with Gasteiger partial charge in [-0.1, -0.05) is 25.4 Å². The van der Waals surface area contributed by atoms with Gasteiger partial charge in [-0.15, -0.1) is 0 Å². The summed E-state index contributed by atoms with van der Waals surface area (Å²) in [6.45, 7) is 4.45. The minimum absolute atomic E-state index is 0.0256. The predicted molar refractivity (Wildman–Crippen MR) is 71.3 cm³/mol. The van der Waals surface area contributed by atoms with Crippen LogP contribution >= 0.6 is 11.6 Å². The Bertz CT molecular complexity index is 365. The van der Waals surface area contributed by atoms with E-state index in [1.54, 1.807) is 24.3 Å². The molecule has 94 valence electrons. The van der Waals surface area contributed by atoms with Gasteiger partial charge in [-0.2, -0.15) is 0 Å². The second kappa shape index (κ2) is 6.47. The van der Waals surface area contributed by atoms with Crippen LogP contribution in [-0.4, -0.2) is 18.6 Å². The normalized spacial score (nSPS) is 12.3. The molecule has 1 unspecified atom stereocenters. The lowest BCUT2D eigenvalue weighted by Gasteiger charge is -2.20. The summed E-state index contributed by atoms with van der Waals surface area (Å²) in [6.07, 6.45) is 0. The molecule has 0 bridgehead atoms. The highest BCUT2D eigenvalue weighted by Gasteiger charge is 2.13. The molecule has 0 aliphatic rings. The molecule has 0 aliphatic carbocycles. The summed E-state index contributed by atoms with van der Waals surface area (Å²) in [5, 5.41) is 6.18. The second-order valence-electron chi connectivity index (χ2n) is 4.19. The molecule has 0 saturated heterocycles. The van der Waals surface area contributed by atoms with Crippen LogP contribution in [0.4, 0.5) is 10.5 Å². The standard InChI is InChI=1S/C12H18ClN3O/c1-8(2)11(7-14)16-12(17)15-10-5-3-9(13)4-6-10/h3-6,8,11H,7,14H2,1-2H3,(H2,15,16,17). The molecule has 1 aromatic rings. The minimum atomic E-state index is -0.253. The third-order valence-electron chi connectivity index (χ3n) is 2.48. The lowest BCUT2D eigenvalue weighted by molar-refractivity contribution is 0.245.